The van der Waals surface area contributed by atoms with Gasteiger partial charge in [-0.05, 0) is 41.8 Å². The molecule has 2 N–H and O–H groups in total. The molecule has 1 atom stereocenters. The topological polar surface area (TPSA) is 80.6 Å². The van der Waals surface area contributed by atoms with Crippen molar-refractivity contribution in [3.63, 3.8) is 0 Å². The largest absolute Gasteiger partial charge is 0.497 e. The van der Waals surface area contributed by atoms with Gasteiger partial charge in [-0.15, -0.1) is 0 Å². The number of furan rings is 1. The first-order valence-electron chi connectivity index (χ1n) is 9.47. The molecule has 0 saturated carbocycles. The second-order valence-electron chi connectivity index (χ2n) is 6.52. The first-order chi connectivity index (χ1) is 14.2. The van der Waals surface area contributed by atoms with E-state index >= 15 is 0 Å². The molecule has 0 radical (unpaired) electrons. The second-order valence-corrected chi connectivity index (χ2v) is 6.52. The molecule has 3 aromatic rings. The van der Waals surface area contributed by atoms with Gasteiger partial charge >= 0.3 is 0 Å². The Hall–Kier alpha value is -3.54. The fraction of sp³-hybridized carbons (Fsp3) is 0.217. The van der Waals surface area contributed by atoms with Crippen LogP contribution < -0.4 is 15.4 Å². The van der Waals surface area contributed by atoms with Crippen LogP contribution in [0.1, 0.15) is 40.6 Å². The summed E-state index contributed by atoms with van der Waals surface area (Å²) in [5, 5.41) is 5.83. The monoisotopic (exact) mass is 392 g/mol. The molecule has 2 amide bonds. The van der Waals surface area contributed by atoms with Crippen molar-refractivity contribution in [2.75, 3.05) is 13.7 Å². The Balaban J connectivity index is 1.57. The summed E-state index contributed by atoms with van der Waals surface area (Å²) in [6.45, 7) is 0.394. The lowest BCUT2D eigenvalue weighted by atomic mass is 9.98. The van der Waals surface area contributed by atoms with Gasteiger partial charge in [0.15, 0.2) is 5.76 Å². The summed E-state index contributed by atoms with van der Waals surface area (Å²) in [6, 6.07) is 20.4. The Morgan fingerprint density at radius 1 is 0.966 bits per heavy atom. The number of ether oxygens (including phenoxy) is 1. The Kier molecular flexibility index (Phi) is 7.05. The summed E-state index contributed by atoms with van der Waals surface area (Å²) in [7, 11) is 1.62. The van der Waals surface area contributed by atoms with Crippen LogP contribution in [0.4, 0.5) is 0 Å². The predicted octanol–water partition coefficient (Wildman–Crippen LogP) is 3.70. The van der Waals surface area contributed by atoms with Crippen LogP contribution in [0.25, 0.3) is 0 Å². The van der Waals surface area contributed by atoms with Gasteiger partial charge in [0, 0.05) is 13.0 Å². The van der Waals surface area contributed by atoms with E-state index in [1.165, 1.54) is 6.26 Å². The molecule has 0 aliphatic rings. The molecule has 0 aliphatic heterocycles. The summed E-state index contributed by atoms with van der Waals surface area (Å²) in [5.74, 6) is 0.662. The number of hydrogen-bond donors (Lipinski definition) is 2. The van der Waals surface area contributed by atoms with Gasteiger partial charge < -0.3 is 19.8 Å². The van der Waals surface area contributed by atoms with Gasteiger partial charge in [0.25, 0.3) is 5.91 Å². The predicted molar refractivity (Wildman–Crippen MR) is 110 cm³/mol. The SMILES string of the molecule is COc1ccc(C(NC(=O)CCCNC(=O)c2ccco2)c2ccccc2)cc1. The third-order valence-electron chi connectivity index (χ3n) is 4.50. The molecule has 150 valence electrons. The molecule has 2 aromatic carbocycles. The zero-order valence-corrected chi connectivity index (χ0v) is 16.3. The van der Waals surface area contributed by atoms with Gasteiger partial charge in [0.05, 0.1) is 19.4 Å². The Morgan fingerprint density at radius 2 is 1.69 bits per heavy atom. The number of hydrogen-bond acceptors (Lipinski definition) is 4. The lowest BCUT2D eigenvalue weighted by molar-refractivity contribution is -0.121. The Bertz CT molecular complexity index is 906. The standard InChI is InChI=1S/C23H24N2O4/c1-28-19-13-11-18(12-14-19)22(17-7-3-2-4-8-17)25-21(26)10-5-15-24-23(27)20-9-6-16-29-20/h2-4,6-9,11-14,16,22H,5,10,15H2,1H3,(H,24,27)(H,25,26). The molecule has 0 spiro atoms. The molecule has 29 heavy (non-hydrogen) atoms. The van der Waals surface area contributed by atoms with Crippen molar-refractivity contribution in [2.45, 2.75) is 18.9 Å². The maximum Gasteiger partial charge on any atom is 0.286 e. The van der Waals surface area contributed by atoms with Crippen molar-refractivity contribution >= 4 is 11.8 Å². The number of benzene rings is 2. The number of carbonyl (C=O) groups excluding carboxylic acids is 2. The van der Waals surface area contributed by atoms with Crippen molar-refractivity contribution < 1.29 is 18.7 Å². The van der Waals surface area contributed by atoms with Crippen molar-refractivity contribution in [3.05, 3.63) is 89.9 Å². The van der Waals surface area contributed by atoms with Crippen LogP contribution >= 0.6 is 0 Å². The molecule has 1 aromatic heterocycles. The third-order valence-corrected chi connectivity index (χ3v) is 4.50. The van der Waals surface area contributed by atoms with Crippen LogP contribution in [-0.2, 0) is 4.79 Å². The van der Waals surface area contributed by atoms with E-state index in [9.17, 15) is 9.59 Å². The Morgan fingerprint density at radius 3 is 2.34 bits per heavy atom. The van der Waals surface area contributed by atoms with Crippen LogP contribution in [0.3, 0.4) is 0 Å². The summed E-state index contributed by atoms with van der Waals surface area (Å²) in [6.07, 6.45) is 2.28. The van der Waals surface area contributed by atoms with Crippen LogP contribution in [0, 0.1) is 0 Å². The number of amides is 2. The highest BCUT2D eigenvalue weighted by Gasteiger charge is 2.17. The van der Waals surface area contributed by atoms with Crippen LogP contribution in [0.5, 0.6) is 5.75 Å². The van der Waals surface area contributed by atoms with Crippen molar-refractivity contribution in [3.8, 4) is 5.75 Å². The second kappa shape index (κ2) is 10.1. The molecular formula is C23H24N2O4. The maximum absolute atomic E-state index is 12.5. The minimum atomic E-state index is -0.282. The van der Waals surface area contributed by atoms with E-state index in [-0.39, 0.29) is 23.6 Å². The first-order valence-corrected chi connectivity index (χ1v) is 9.47. The third kappa shape index (κ3) is 5.72. The van der Waals surface area contributed by atoms with Gasteiger partial charge in [-0.25, -0.2) is 0 Å². The maximum atomic E-state index is 12.5. The summed E-state index contributed by atoms with van der Waals surface area (Å²) < 4.78 is 10.3. The van der Waals surface area contributed by atoms with E-state index < -0.39 is 0 Å². The lowest BCUT2D eigenvalue weighted by Crippen LogP contribution is -2.30. The van der Waals surface area contributed by atoms with Crippen LogP contribution in [0.2, 0.25) is 0 Å². The molecule has 0 aliphatic carbocycles. The van der Waals surface area contributed by atoms with Crippen molar-refractivity contribution in [1.82, 2.24) is 10.6 Å². The van der Waals surface area contributed by atoms with E-state index in [1.54, 1.807) is 19.2 Å². The first kappa shape index (κ1) is 20.2. The summed E-state index contributed by atoms with van der Waals surface area (Å²) in [5.41, 5.74) is 1.97. The average Bonchev–Trinajstić information content (AvgIpc) is 3.31. The van der Waals surface area contributed by atoms with E-state index in [4.69, 9.17) is 9.15 Å². The highest BCUT2D eigenvalue weighted by Crippen LogP contribution is 2.24. The summed E-state index contributed by atoms with van der Waals surface area (Å²) >= 11 is 0. The fourth-order valence-electron chi connectivity index (χ4n) is 2.98. The molecule has 0 bridgehead atoms. The lowest BCUT2D eigenvalue weighted by Gasteiger charge is -2.20. The average molecular weight is 392 g/mol. The number of nitrogens with one attached hydrogen (secondary N) is 2. The minimum absolute atomic E-state index is 0.0816. The fourth-order valence-corrected chi connectivity index (χ4v) is 2.98. The highest BCUT2D eigenvalue weighted by atomic mass is 16.5. The van der Waals surface area contributed by atoms with E-state index in [0.29, 0.717) is 19.4 Å². The van der Waals surface area contributed by atoms with E-state index in [0.717, 1.165) is 16.9 Å². The van der Waals surface area contributed by atoms with Gasteiger partial charge in [0.1, 0.15) is 5.75 Å². The zero-order valence-electron chi connectivity index (χ0n) is 16.3. The number of methoxy groups -OCH3 is 1. The Labute approximate surface area is 169 Å². The normalized spacial score (nSPS) is 11.5. The number of rotatable bonds is 9. The molecule has 0 saturated heterocycles. The molecular weight excluding hydrogens is 368 g/mol. The van der Waals surface area contributed by atoms with Gasteiger partial charge in [-0.2, -0.15) is 0 Å². The van der Waals surface area contributed by atoms with Crippen LogP contribution in [-0.4, -0.2) is 25.5 Å². The molecule has 0 fully saturated rings. The number of carbonyl (C=O) groups is 2. The quantitative estimate of drug-likeness (QED) is 0.544. The molecule has 1 heterocycles. The minimum Gasteiger partial charge on any atom is -0.497 e. The van der Waals surface area contributed by atoms with E-state index in [1.807, 2.05) is 54.6 Å². The van der Waals surface area contributed by atoms with Crippen molar-refractivity contribution in [2.24, 2.45) is 0 Å². The van der Waals surface area contributed by atoms with E-state index in [2.05, 4.69) is 10.6 Å². The van der Waals surface area contributed by atoms with Gasteiger partial charge in [0.2, 0.25) is 5.91 Å². The smallest absolute Gasteiger partial charge is 0.286 e. The molecule has 1 unspecified atom stereocenters. The highest BCUT2D eigenvalue weighted by molar-refractivity contribution is 5.91. The molecule has 6 nitrogen and oxygen atoms in total. The van der Waals surface area contributed by atoms with Crippen molar-refractivity contribution in [1.29, 1.82) is 0 Å². The van der Waals surface area contributed by atoms with Crippen LogP contribution in [0.15, 0.2) is 77.4 Å². The summed E-state index contributed by atoms with van der Waals surface area (Å²) in [4.78, 5) is 24.4. The molecule has 3 rings (SSSR count). The van der Waals surface area contributed by atoms with Gasteiger partial charge in [-0.1, -0.05) is 42.5 Å². The van der Waals surface area contributed by atoms with Gasteiger partial charge in [-0.3, -0.25) is 9.59 Å². The zero-order chi connectivity index (χ0) is 20.5. The molecule has 6 heteroatoms.